The topological polar surface area (TPSA) is 87.9 Å². The minimum Gasteiger partial charge on any atom is -0.478 e. The summed E-state index contributed by atoms with van der Waals surface area (Å²) < 4.78 is 7.39. The van der Waals surface area contributed by atoms with Gasteiger partial charge in [-0.15, -0.1) is 0 Å². The number of ether oxygens (including phenoxy) is 1. The third kappa shape index (κ3) is 4.91. The zero-order chi connectivity index (χ0) is 22.9. The summed E-state index contributed by atoms with van der Waals surface area (Å²) in [4.78, 5) is 32.1. The molecule has 0 saturated carbocycles. The maximum Gasteiger partial charge on any atom is 0.335 e. The normalized spacial score (nSPS) is 15.2. The number of imidazole rings is 1. The number of piperazine rings is 1. The maximum atomic E-state index is 12.1. The van der Waals surface area contributed by atoms with Crippen molar-refractivity contribution in [1.82, 2.24) is 14.5 Å². The van der Waals surface area contributed by atoms with Gasteiger partial charge in [-0.2, -0.15) is 0 Å². The van der Waals surface area contributed by atoms with E-state index in [4.69, 9.17) is 4.74 Å². The van der Waals surface area contributed by atoms with Crippen molar-refractivity contribution in [2.75, 3.05) is 37.6 Å². The molecule has 2 heterocycles. The number of fused-ring (bicyclic) bond motifs is 1. The van der Waals surface area contributed by atoms with Crippen LogP contribution in [0.5, 0.6) is 0 Å². The zero-order valence-electron chi connectivity index (χ0n) is 18.6. The van der Waals surface area contributed by atoms with E-state index in [-0.39, 0.29) is 11.5 Å². The summed E-state index contributed by atoms with van der Waals surface area (Å²) in [6.45, 7) is 9.16. The molecule has 0 spiro atoms. The second-order valence-corrected chi connectivity index (χ2v) is 8.99. The van der Waals surface area contributed by atoms with E-state index in [2.05, 4.69) is 26.9 Å². The zero-order valence-corrected chi connectivity index (χ0v) is 18.6. The Hall–Kier alpha value is -3.39. The molecule has 1 aromatic heterocycles. The van der Waals surface area contributed by atoms with Gasteiger partial charge < -0.3 is 14.7 Å². The standard InChI is InChI=1S/C24H28N4O4/c1-24(2,3)32-22(29)15-26-9-11-27(12-10-26)18-5-4-6-19(14-18)28-16-25-20-13-17(23(30)31)7-8-21(20)28/h4-8,13-14,16H,9-12,15H2,1-3H3,(H,30,31). The molecule has 1 fully saturated rings. The Morgan fingerprint density at radius 3 is 2.44 bits per heavy atom. The number of hydrogen-bond donors (Lipinski definition) is 1. The van der Waals surface area contributed by atoms with E-state index in [1.165, 1.54) is 0 Å². The smallest absolute Gasteiger partial charge is 0.335 e. The van der Waals surface area contributed by atoms with Crippen molar-refractivity contribution < 1.29 is 19.4 Å². The number of aromatic carboxylic acids is 1. The van der Waals surface area contributed by atoms with E-state index in [9.17, 15) is 14.7 Å². The molecule has 0 radical (unpaired) electrons. The quantitative estimate of drug-likeness (QED) is 0.615. The van der Waals surface area contributed by atoms with E-state index >= 15 is 0 Å². The van der Waals surface area contributed by atoms with Crippen molar-refractivity contribution in [3.05, 3.63) is 54.4 Å². The van der Waals surface area contributed by atoms with Crippen molar-refractivity contribution in [2.45, 2.75) is 26.4 Å². The van der Waals surface area contributed by atoms with E-state index in [1.54, 1.807) is 24.5 Å². The van der Waals surface area contributed by atoms with Gasteiger partial charge >= 0.3 is 11.9 Å². The number of nitrogens with zero attached hydrogens (tertiary/aromatic N) is 4. The third-order valence-electron chi connectivity index (χ3n) is 5.41. The van der Waals surface area contributed by atoms with Gasteiger partial charge in [0.2, 0.25) is 0 Å². The van der Waals surface area contributed by atoms with Crippen LogP contribution in [0.1, 0.15) is 31.1 Å². The number of carboxylic acids is 1. The maximum absolute atomic E-state index is 12.1. The number of carbonyl (C=O) groups is 2. The molecule has 0 atom stereocenters. The highest BCUT2D eigenvalue weighted by atomic mass is 16.6. The largest absolute Gasteiger partial charge is 0.478 e. The molecule has 0 aliphatic carbocycles. The fraction of sp³-hybridized carbons (Fsp3) is 0.375. The number of carboxylic acid groups (broad SMARTS) is 1. The predicted molar refractivity (Wildman–Crippen MR) is 123 cm³/mol. The molecule has 32 heavy (non-hydrogen) atoms. The lowest BCUT2D eigenvalue weighted by molar-refractivity contribution is -0.156. The van der Waals surface area contributed by atoms with Gasteiger partial charge in [-0.1, -0.05) is 6.07 Å². The van der Waals surface area contributed by atoms with Crippen molar-refractivity contribution in [3.8, 4) is 5.69 Å². The number of esters is 1. The van der Waals surface area contributed by atoms with Gasteiger partial charge in [-0.05, 0) is 57.2 Å². The van der Waals surface area contributed by atoms with Gasteiger partial charge in [0.1, 0.15) is 11.9 Å². The van der Waals surface area contributed by atoms with Gasteiger partial charge in [0, 0.05) is 37.6 Å². The lowest BCUT2D eigenvalue weighted by Gasteiger charge is -2.36. The molecule has 1 aliphatic heterocycles. The Labute approximate surface area is 187 Å². The van der Waals surface area contributed by atoms with Crippen LogP contribution >= 0.6 is 0 Å². The number of anilines is 1. The highest BCUT2D eigenvalue weighted by molar-refractivity contribution is 5.92. The second kappa shape index (κ2) is 8.63. The van der Waals surface area contributed by atoms with Crippen molar-refractivity contribution in [3.63, 3.8) is 0 Å². The molecule has 1 N–H and O–H groups in total. The van der Waals surface area contributed by atoms with E-state index in [0.29, 0.717) is 12.1 Å². The first-order valence-corrected chi connectivity index (χ1v) is 10.7. The Morgan fingerprint density at radius 1 is 1.03 bits per heavy atom. The minimum atomic E-state index is -0.964. The lowest BCUT2D eigenvalue weighted by Crippen LogP contribution is -2.48. The van der Waals surface area contributed by atoms with Gasteiger partial charge in [0.25, 0.3) is 0 Å². The van der Waals surface area contributed by atoms with E-state index < -0.39 is 11.6 Å². The van der Waals surface area contributed by atoms with Gasteiger partial charge in [-0.25, -0.2) is 9.78 Å². The number of rotatable bonds is 5. The first-order chi connectivity index (χ1) is 15.2. The van der Waals surface area contributed by atoms with Crippen LogP contribution in [0.15, 0.2) is 48.8 Å². The van der Waals surface area contributed by atoms with Crippen molar-refractivity contribution in [2.24, 2.45) is 0 Å². The predicted octanol–water partition coefficient (Wildman–Crippen LogP) is 3.19. The molecule has 4 rings (SSSR count). The van der Waals surface area contributed by atoms with Gasteiger partial charge in [-0.3, -0.25) is 14.3 Å². The van der Waals surface area contributed by atoms with Crippen LogP contribution in [0.25, 0.3) is 16.7 Å². The molecule has 3 aromatic rings. The lowest BCUT2D eigenvalue weighted by atomic mass is 10.2. The monoisotopic (exact) mass is 436 g/mol. The Bertz CT molecular complexity index is 1140. The summed E-state index contributed by atoms with van der Waals surface area (Å²) in [5.41, 5.74) is 3.32. The molecular formula is C24H28N4O4. The molecule has 8 heteroatoms. The third-order valence-corrected chi connectivity index (χ3v) is 5.41. The summed E-state index contributed by atoms with van der Waals surface area (Å²) in [6.07, 6.45) is 1.72. The minimum absolute atomic E-state index is 0.189. The van der Waals surface area contributed by atoms with Crippen molar-refractivity contribution in [1.29, 1.82) is 0 Å². The Balaban J connectivity index is 1.45. The van der Waals surface area contributed by atoms with E-state index in [1.807, 2.05) is 37.5 Å². The van der Waals surface area contributed by atoms with Crippen LogP contribution in [-0.2, 0) is 9.53 Å². The summed E-state index contributed by atoms with van der Waals surface area (Å²) >= 11 is 0. The van der Waals surface area contributed by atoms with Crippen molar-refractivity contribution >= 4 is 28.7 Å². The molecular weight excluding hydrogens is 408 g/mol. The Kier molecular flexibility index (Phi) is 5.88. The molecule has 168 valence electrons. The fourth-order valence-corrected chi connectivity index (χ4v) is 3.91. The van der Waals surface area contributed by atoms with Crippen LogP contribution in [0.3, 0.4) is 0 Å². The summed E-state index contributed by atoms with van der Waals surface area (Å²) in [5.74, 6) is -1.15. The van der Waals surface area contributed by atoms with Crippen LogP contribution in [0, 0.1) is 0 Å². The SMILES string of the molecule is CC(C)(C)OC(=O)CN1CCN(c2cccc(-n3cnc4cc(C(=O)O)ccc43)c2)CC1. The second-order valence-electron chi connectivity index (χ2n) is 8.99. The summed E-state index contributed by atoms with van der Waals surface area (Å²) in [5, 5.41) is 9.20. The molecule has 1 aliphatic rings. The number of aromatic nitrogens is 2. The number of hydrogen-bond acceptors (Lipinski definition) is 6. The number of benzene rings is 2. The van der Waals surface area contributed by atoms with Crippen LogP contribution < -0.4 is 4.90 Å². The van der Waals surface area contributed by atoms with Crippen LogP contribution in [0.2, 0.25) is 0 Å². The average molecular weight is 437 g/mol. The average Bonchev–Trinajstić information content (AvgIpc) is 3.16. The molecule has 0 unspecified atom stereocenters. The first kappa shape index (κ1) is 21.8. The summed E-state index contributed by atoms with van der Waals surface area (Å²) in [6, 6.07) is 13.2. The molecule has 0 amide bonds. The van der Waals surface area contributed by atoms with Crippen LogP contribution in [0.4, 0.5) is 5.69 Å². The number of carbonyl (C=O) groups excluding carboxylic acids is 1. The summed E-state index contributed by atoms with van der Waals surface area (Å²) in [7, 11) is 0. The van der Waals surface area contributed by atoms with Gasteiger partial charge in [0.15, 0.2) is 0 Å². The first-order valence-electron chi connectivity index (χ1n) is 10.7. The van der Waals surface area contributed by atoms with E-state index in [0.717, 1.165) is 43.1 Å². The Morgan fingerprint density at radius 2 is 1.75 bits per heavy atom. The highest BCUT2D eigenvalue weighted by Crippen LogP contribution is 2.24. The fourth-order valence-electron chi connectivity index (χ4n) is 3.91. The molecule has 0 bridgehead atoms. The van der Waals surface area contributed by atoms with Gasteiger partial charge in [0.05, 0.1) is 23.1 Å². The molecule has 2 aromatic carbocycles. The molecule has 1 saturated heterocycles. The highest BCUT2D eigenvalue weighted by Gasteiger charge is 2.23. The van der Waals surface area contributed by atoms with Crippen LogP contribution in [-0.4, -0.2) is 69.8 Å². The molecule has 8 nitrogen and oxygen atoms in total.